The van der Waals surface area contributed by atoms with Gasteiger partial charge in [-0.1, -0.05) is 6.07 Å². The molecule has 0 aliphatic heterocycles. The summed E-state index contributed by atoms with van der Waals surface area (Å²) in [6.07, 6.45) is 0. The standard InChI is InChI=1S/C14H14N2O4/c1-9-6-11(16(19)20)3-4-12(9)15-8-10-2-5-13(17)14(18)7-10/h2-7,15,17-18H,8H2,1H3. The zero-order valence-electron chi connectivity index (χ0n) is 10.8. The molecule has 0 aromatic heterocycles. The molecule has 0 atom stereocenters. The number of aromatic hydroxyl groups is 2. The third-order valence-corrected chi connectivity index (χ3v) is 2.94. The molecule has 0 unspecified atom stereocenters. The van der Waals surface area contributed by atoms with Crippen LogP contribution in [0, 0.1) is 17.0 Å². The van der Waals surface area contributed by atoms with Gasteiger partial charge in [0.2, 0.25) is 0 Å². The second-order valence-electron chi connectivity index (χ2n) is 4.43. The number of nitrogens with one attached hydrogen (secondary N) is 1. The highest BCUT2D eigenvalue weighted by Crippen LogP contribution is 2.26. The molecule has 2 rings (SSSR count). The van der Waals surface area contributed by atoms with E-state index in [2.05, 4.69) is 5.32 Å². The van der Waals surface area contributed by atoms with Crippen molar-refractivity contribution < 1.29 is 15.1 Å². The van der Waals surface area contributed by atoms with E-state index in [1.807, 2.05) is 0 Å². The zero-order chi connectivity index (χ0) is 14.7. The average Bonchev–Trinajstić information content (AvgIpc) is 2.41. The molecule has 2 aromatic rings. The highest BCUT2D eigenvalue weighted by atomic mass is 16.6. The first kappa shape index (κ1) is 13.7. The van der Waals surface area contributed by atoms with Gasteiger partial charge in [-0.15, -0.1) is 0 Å². The van der Waals surface area contributed by atoms with Crippen LogP contribution in [0.15, 0.2) is 36.4 Å². The molecule has 2 aromatic carbocycles. The first-order valence-corrected chi connectivity index (χ1v) is 5.97. The lowest BCUT2D eigenvalue weighted by molar-refractivity contribution is -0.384. The van der Waals surface area contributed by atoms with E-state index < -0.39 is 4.92 Å². The molecule has 0 aliphatic carbocycles. The fraction of sp³-hybridized carbons (Fsp3) is 0.143. The normalized spacial score (nSPS) is 10.2. The lowest BCUT2D eigenvalue weighted by Crippen LogP contribution is -2.01. The van der Waals surface area contributed by atoms with Gasteiger partial charge in [-0.25, -0.2) is 0 Å². The van der Waals surface area contributed by atoms with Crippen LogP contribution < -0.4 is 5.32 Å². The first-order valence-electron chi connectivity index (χ1n) is 5.97. The number of nitrogens with zero attached hydrogens (tertiary/aromatic N) is 1. The maximum atomic E-state index is 10.6. The van der Waals surface area contributed by atoms with Gasteiger partial charge in [-0.2, -0.15) is 0 Å². The predicted molar refractivity (Wildman–Crippen MR) is 74.9 cm³/mol. The Morgan fingerprint density at radius 2 is 1.90 bits per heavy atom. The van der Waals surface area contributed by atoms with Gasteiger partial charge < -0.3 is 15.5 Å². The number of benzene rings is 2. The van der Waals surface area contributed by atoms with Crippen LogP contribution in [0.5, 0.6) is 11.5 Å². The fourth-order valence-electron chi connectivity index (χ4n) is 1.84. The van der Waals surface area contributed by atoms with Gasteiger partial charge in [0.25, 0.3) is 5.69 Å². The summed E-state index contributed by atoms with van der Waals surface area (Å²) in [4.78, 5) is 10.2. The molecule has 0 saturated carbocycles. The maximum absolute atomic E-state index is 10.6. The summed E-state index contributed by atoms with van der Waals surface area (Å²) in [5.74, 6) is -0.343. The summed E-state index contributed by atoms with van der Waals surface area (Å²) in [5, 5.41) is 32.4. The smallest absolute Gasteiger partial charge is 0.269 e. The van der Waals surface area contributed by atoms with Crippen LogP contribution in [0.2, 0.25) is 0 Å². The van der Waals surface area contributed by atoms with Crippen LogP contribution in [0.3, 0.4) is 0 Å². The van der Waals surface area contributed by atoms with E-state index in [1.54, 1.807) is 19.1 Å². The van der Waals surface area contributed by atoms with E-state index in [1.165, 1.54) is 24.3 Å². The third kappa shape index (κ3) is 2.97. The number of rotatable bonds is 4. The van der Waals surface area contributed by atoms with E-state index in [4.69, 9.17) is 0 Å². The fourth-order valence-corrected chi connectivity index (χ4v) is 1.84. The quantitative estimate of drug-likeness (QED) is 0.452. The van der Waals surface area contributed by atoms with Crippen molar-refractivity contribution in [3.63, 3.8) is 0 Å². The van der Waals surface area contributed by atoms with Crippen molar-refractivity contribution in [3.8, 4) is 11.5 Å². The van der Waals surface area contributed by atoms with Gasteiger partial charge in [-0.05, 0) is 36.2 Å². The van der Waals surface area contributed by atoms with Crippen LogP contribution in [0.4, 0.5) is 11.4 Å². The van der Waals surface area contributed by atoms with Crippen molar-refractivity contribution in [2.75, 3.05) is 5.32 Å². The van der Waals surface area contributed by atoms with Crippen LogP contribution in [0.25, 0.3) is 0 Å². The predicted octanol–water partition coefficient (Wildman–Crippen LogP) is 2.93. The average molecular weight is 274 g/mol. The molecule has 0 radical (unpaired) electrons. The molecule has 0 aliphatic rings. The Kier molecular flexibility index (Phi) is 3.74. The van der Waals surface area contributed by atoms with Crippen molar-refractivity contribution in [3.05, 3.63) is 57.6 Å². The number of non-ortho nitro benzene ring substituents is 1. The monoisotopic (exact) mass is 274 g/mol. The summed E-state index contributed by atoms with van der Waals surface area (Å²) in [5.41, 5.74) is 2.39. The Hall–Kier alpha value is -2.76. The van der Waals surface area contributed by atoms with Gasteiger partial charge in [0, 0.05) is 24.4 Å². The minimum Gasteiger partial charge on any atom is -0.504 e. The minimum atomic E-state index is -0.436. The van der Waals surface area contributed by atoms with Crippen LogP contribution in [0.1, 0.15) is 11.1 Å². The van der Waals surface area contributed by atoms with Crippen molar-refractivity contribution in [1.82, 2.24) is 0 Å². The SMILES string of the molecule is Cc1cc([N+](=O)[O-])ccc1NCc1ccc(O)c(O)c1. The number of phenols is 2. The van der Waals surface area contributed by atoms with Gasteiger partial charge in [0.05, 0.1) is 4.92 Å². The largest absolute Gasteiger partial charge is 0.504 e. The molecule has 104 valence electrons. The van der Waals surface area contributed by atoms with Gasteiger partial charge in [0.1, 0.15) is 0 Å². The Balaban J connectivity index is 2.10. The van der Waals surface area contributed by atoms with Crippen molar-refractivity contribution in [1.29, 1.82) is 0 Å². The number of hydrogen-bond acceptors (Lipinski definition) is 5. The number of hydrogen-bond donors (Lipinski definition) is 3. The molecule has 0 bridgehead atoms. The minimum absolute atomic E-state index is 0.0512. The van der Waals surface area contributed by atoms with Crippen LogP contribution in [-0.4, -0.2) is 15.1 Å². The molecule has 0 saturated heterocycles. The summed E-state index contributed by atoms with van der Waals surface area (Å²) in [6, 6.07) is 9.13. The molecule has 0 spiro atoms. The van der Waals surface area contributed by atoms with E-state index in [-0.39, 0.29) is 17.2 Å². The number of nitro benzene ring substituents is 1. The van der Waals surface area contributed by atoms with E-state index in [0.29, 0.717) is 6.54 Å². The van der Waals surface area contributed by atoms with E-state index in [9.17, 15) is 20.3 Å². The second kappa shape index (κ2) is 5.48. The molecule has 0 amide bonds. The lowest BCUT2D eigenvalue weighted by atomic mass is 10.1. The summed E-state index contributed by atoms with van der Waals surface area (Å²) in [6.45, 7) is 2.22. The number of aryl methyl sites for hydroxylation is 1. The number of anilines is 1. The molecular weight excluding hydrogens is 260 g/mol. The van der Waals surface area contributed by atoms with E-state index >= 15 is 0 Å². The Morgan fingerprint density at radius 1 is 1.15 bits per heavy atom. The topological polar surface area (TPSA) is 95.6 Å². The summed E-state index contributed by atoms with van der Waals surface area (Å²) >= 11 is 0. The van der Waals surface area contributed by atoms with Gasteiger partial charge in [0.15, 0.2) is 11.5 Å². The Labute approximate surface area is 115 Å². The Bertz CT molecular complexity index is 656. The maximum Gasteiger partial charge on any atom is 0.269 e. The molecule has 6 nitrogen and oxygen atoms in total. The molecule has 3 N–H and O–H groups in total. The molecule has 20 heavy (non-hydrogen) atoms. The zero-order valence-corrected chi connectivity index (χ0v) is 10.8. The van der Waals surface area contributed by atoms with Crippen molar-refractivity contribution >= 4 is 11.4 Å². The summed E-state index contributed by atoms with van der Waals surface area (Å²) < 4.78 is 0. The Morgan fingerprint density at radius 3 is 2.50 bits per heavy atom. The van der Waals surface area contributed by atoms with Crippen molar-refractivity contribution in [2.45, 2.75) is 13.5 Å². The highest BCUT2D eigenvalue weighted by Gasteiger charge is 2.08. The van der Waals surface area contributed by atoms with E-state index in [0.717, 1.165) is 16.8 Å². The summed E-state index contributed by atoms with van der Waals surface area (Å²) in [7, 11) is 0. The number of nitro groups is 1. The molecular formula is C14H14N2O4. The first-order chi connectivity index (χ1) is 9.47. The highest BCUT2D eigenvalue weighted by molar-refractivity contribution is 5.55. The lowest BCUT2D eigenvalue weighted by Gasteiger charge is -2.10. The molecule has 0 fully saturated rings. The molecule has 6 heteroatoms. The third-order valence-electron chi connectivity index (χ3n) is 2.94. The second-order valence-corrected chi connectivity index (χ2v) is 4.43. The number of phenolic OH excluding ortho intramolecular Hbond substituents is 2. The van der Waals surface area contributed by atoms with Gasteiger partial charge >= 0.3 is 0 Å². The van der Waals surface area contributed by atoms with Gasteiger partial charge in [-0.3, -0.25) is 10.1 Å². The molecule has 0 heterocycles. The van der Waals surface area contributed by atoms with Crippen molar-refractivity contribution in [2.24, 2.45) is 0 Å². The van der Waals surface area contributed by atoms with Crippen LogP contribution in [-0.2, 0) is 6.54 Å². The van der Waals surface area contributed by atoms with Crippen LogP contribution >= 0.6 is 0 Å².